The molecular weight excluding hydrogens is 204 g/mol. The van der Waals surface area contributed by atoms with Gasteiger partial charge in [0.2, 0.25) is 5.91 Å². The summed E-state index contributed by atoms with van der Waals surface area (Å²) in [6.07, 6.45) is 6.36. The molecule has 2 aliphatic rings. The molecule has 4 heteroatoms. The lowest BCUT2D eigenvalue weighted by Crippen LogP contribution is -2.54. The van der Waals surface area contributed by atoms with Crippen LogP contribution in [-0.4, -0.2) is 29.4 Å². The molecule has 90 valence electrons. The molecule has 0 aromatic rings. The van der Waals surface area contributed by atoms with Crippen molar-refractivity contribution in [3.05, 3.63) is 0 Å². The van der Waals surface area contributed by atoms with Gasteiger partial charge in [0, 0.05) is 19.0 Å². The van der Waals surface area contributed by atoms with Crippen molar-refractivity contribution in [3.8, 4) is 0 Å². The Hall–Kier alpha value is -1.06. The van der Waals surface area contributed by atoms with Gasteiger partial charge in [-0.15, -0.1) is 0 Å². The van der Waals surface area contributed by atoms with Crippen molar-refractivity contribution in [2.24, 2.45) is 5.92 Å². The molecule has 1 saturated heterocycles. The Morgan fingerprint density at radius 3 is 2.88 bits per heavy atom. The van der Waals surface area contributed by atoms with Gasteiger partial charge in [-0.25, -0.2) is 4.79 Å². The fourth-order valence-electron chi connectivity index (χ4n) is 2.84. The third kappa shape index (κ3) is 2.36. The average Bonchev–Trinajstić information content (AvgIpc) is 2.29. The Labute approximate surface area is 96.4 Å². The first kappa shape index (κ1) is 11.4. The van der Waals surface area contributed by atoms with Gasteiger partial charge in [-0.1, -0.05) is 26.2 Å². The van der Waals surface area contributed by atoms with E-state index in [0.29, 0.717) is 19.0 Å². The first-order valence-corrected chi connectivity index (χ1v) is 6.31. The lowest BCUT2D eigenvalue weighted by Gasteiger charge is -2.38. The zero-order chi connectivity index (χ0) is 11.5. The Kier molecular flexibility index (Phi) is 3.46. The Balaban J connectivity index is 1.96. The highest BCUT2D eigenvalue weighted by Gasteiger charge is 2.32. The quantitative estimate of drug-likeness (QED) is 0.778. The standard InChI is InChI=1S/C12H20N2O2/c1-2-9-4-3-5-10(8-9)14-7-6-11(15)13-12(14)16/h9-10H,2-8H2,1H3,(H,13,15,16). The largest absolute Gasteiger partial charge is 0.324 e. The van der Waals surface area contributed by atoms with Gasteiger partial charge in [-0.2, -0.15) is 0 Å². The van der Waals surface area contributed by atoms with Crippen LogP contribution in [-0.2, 0) is 4.79 Å². The number of hydrogen-bond acceptors (Lipinski definition) is 2. The van der Waals surface area contributed by atoms with Crippen LogP contribution in [0.15, 0.2) is 0 Å². The summed E-state index contributed by atoms with van der Waals surface area (Å²) in [6, 6.07) is 0.171. The summed E-state index contributed by atoms with van der Waals surface area (Å²) < 4.78 is 0. The minimum absolute atomic E-state index is 0.135. The third-order valence-electron chi connectivity index (χ3n) is 3.86. The van der Waals surface area contributed by atoms with Crippen LogP contribution in [0.25, 0.3) is 0 Å². The maximum atomic E-state index is 11.7. The molecule has 4 nitrogen and oxygen atoms in total. The second-order valence-corrected chi connectivity index (χ2v) is 4.89. The van der Waals surface area contributed by atoms with Crippen LogP contribution in [0.2, 0.25) is 0 Å². The molecule has 0 aromatic heterocycles. The van der Waals surface area contributed by atoms with Crippen LogP contribution in [0, 0.1) is 5.92 Å². The Morgan fingerprint density at radius 2 is 2.19 bits per heavy atom. The molecule has 1 aliphatic heterocycles. The van der Waals surface area contributed by atoms with E-state index in [9.17, 15) is 9.59 Å². The number of hydrogen-bond donors (Lipinski definition) is 1. The maximum absolute atomic E-state index is 11.7. The lowest BCUT2D eigenvalue weighted by atomic mass is 9.83. The van der Waals surface area contributed by atoms with E-state index in [1.165, 1.54) is 19.3 Å². The summed E-state index contributed by atoms with van der Waals surface area (Å²) in [5, 5.41) is 2.41. The number of nitrogens with zero attached hydrogens (tertiary/aromatic N) is 1. The second kappa shape index (κ2) is 4.85. The van der Waals surface area contributed by atoms with E-state index in [-0.39, 0.29) is 11.9 Å². The van der Waals surface area contributed by atoms with Crippen molar-refractivity contribution in [1.29, 1.82) is 0 Å². The summed E-state index contributed by atoms with van der Waals surface area (Å²) in [5.74, 6) is 0.619. The van der Waals surface area contributed by atoms with Crippen LogP contribution in [0.3, 0.4) is 0 Å². The molecule has 1 saturated carbocycles. The fourth-order valence-corrected chi connectivity index (χ4v) is 2.84. The third-order valence-corrected chi connectivity index (χ3v) is 3.86. The summed E-state index contributed by atoms with van der Waals surface area (Å²) in [4.78, 5) is 24.6. The number of carbonyl (C=O) groups is 2. The minimum Gasteiger partial charge on any atom is -0.321 e. The maximum Gasteiger partial charge on any atom is 0.324 e. The minimum atomic E-state index is -0.182. The van der Waals surface area contributed by atoms with Crippen molar-refractivity contribution in [3.63, 3.8) is 0 Å². The molecule has 1 aliphatic carbocycles. The Morgan fingerprint density at radius 1 is 1.38 bits per heavy atom. The van der Waals surface area contributed by atoms with Gasteiger partial charge in [0.25, 0.3) is 0 Å². The zero-order valence-electron chi connectivity index (χ0n) is 9.87. The van der Waals surface area contributed by atoms with Crippen LogP contribution < -0.4 is 5.32 Å². The van der Waals surface area contributed by atoms with Gasteiger partial charge < -0.3 is 4.90 Å². The summed E-state index contributed by atoms with van der Waals surface area (Å²) in [5.41, 5.74) is 0. The molecule has 2 fully saturated rings. The number of urea groups is 1. The molecule has 2 unspecified atom stereocenters. The molecule has 16 heavy (non-hydrogen) atoms. The van der Waals surface area contributed by atoms with Crippen LogP contribution in [0.5, 0.6) is 0 Å². The predicted octanol–water partition coefficient (Wildman–Crippen LogP) is 1.90. The number of nitrogens with one attached hydrogen (secondary N) is 1. The van der Waals surface area contributed by atoms with Gasteiger partial charge in [0.05, 0.1) is 0 Å². The topological polar surface area (TPSA) is 49.4 Å². The lowest BCUT2D eigenvalue weighted by molar-refractivity contribution is -0.121. The van der Waals surface area contributed by atoms with Crippen molar-refractivity contribution in [2.75, 3.05) is 6.54 Å². The molecule has 2 rings (SSSR count). The monoisotopic (exact) mass is 224 g/mol. The molecular formula is C12H20N2O2. The molecule has 0 radical (unpaired) electrons. The molecule has 1 heterocycles. The fraction of sp³-hybridized carbons (Fsp3) is 0.833. The van der Waals surface area contributed by atoms with Crippen LogP contribution in [0.1, 0.15) is 45.4 Å². The van der Waals surface area contributed by atoms with Gasteiger partial charge in [0.15, 0.2) is 0 Å². The molecule has 1 N–H and O–H groups in total. The van der Waals surface area contributed by atoms with E-state index in [0.717, 1.165) is 18.8 Å². The first-order valence-electron chi connectivity index (χ1n) is 6.31. The first-order chi connectivity index (χ1) is 7.70. The number of amides is 3. The molecule has 2 atom stereocenters. The van der Waals surface area contributed by atoms with Crippen LogP contribution in [0.4, 0.5) is 4.79 Å². The molecule has 3 amide bonds. The van der Waals surface area contributed by atoms with Gasteiger partial charge >= 0.3 is 6.03 Å². The zero-order valence-corrected chi connectivity index (χ0v) is 9.87. The number of carbonyl (C=O) groups excluding carboxylic acids is 2. The predicted molar refractivity (Wildman–Crippen MR) is 60.9 cm³/mol. The van der Waals surface area contributed by atoms with Crippen molar-refractivity contribution < 1.29 is 9.59 Å². The molecule has 0 spiro atoms. The van der Waals surface area contributed by atoms with E-state index in [4.69, 9.17) is 0 Å². The van der Waals surface area contributed by atoms with E-state index in [2.05, 4.69) is 12.2 Å². The van der Waals surface area contributed by atoms with Gasteiger partial charge in [-0.3, -0.25) is 10.1 Å². The van der Waals surface area contributed by atoms with E-state index >= 15 is 0 Å². The van der Waals surface area contributed by atoms with Crippen molar-refractivity contribution in [2.45, 2.75) is 51.5 Å². The SMILES string of the molecule is CCC1CCCC(N2CCC(=O)NC2=O)C1. The van der Waals surface area contributed by atoms with Crippen LogP contribution >= 0.6 is 0 Å². The number of imide groups is 1. The van der Waals surface area contributed by atoms with E-state index < -0.39 is 0 Å². The molecule has 0 bridgehead atoms. The second-order valence-electron chi connectivity index (χ2n) is 4.89. The van der Waals surface area contributed by atoms with Gasteiger partial charge in [0.1, 0.15) is 0 Å². The number of rotatable bonds is 2. The van der Waals surface area contributed by atoms with Crippen molar-refractivity contribution in [1.82, 2.24) is 10.2 Å². The van der Waals surface area contributed by atoms with E-state index in [1.807, 2.05) is 4.90 Å². The Bertz CT molecular complexity index is 291. The van der Waals surface area contributed by atoms with E-state index in [1.54, 1.807) is 0 Å². The smallest absolute Gasteiger partial charge is 0.321 e. The van der Waals surface area contributed by atoms with Crippen molar-refractivity contribution >= 4 is 11.9 Å². The van der Waals surface area contributed by atoms with Gasteiger partial charge in [-0.05, 0) is 18.8 Å². The molecule has 0 aromatic carbocycles. The normalized spacial score (nSPS) is 31.4. The summed E-state index contributed by atoms with van der Waals surface area (Å²) >= 11 is 0. The average molecular weight is 224 g/mol. The highest BCUT2D eigenvalue weighted by molar-refractivity contribution is 5.96. The summed E-state index contributed by atoms with van der Waals surface area (Å²) in [7, 11) is 0. The highest BCUT2D eigenvalue weighted by atomic mass is 16.2. The summed E-state index contributed by atoms with van der Waals surface area (Å²) in [6.45, 7) is 2.82. The highest BCUT2D eigenvalue weighted by Crippen LogP contribution is 2.30.